The van der Waals surface area contributed by atoms with E-state index >= 15 is 0 Å². The molecule has 0 bridgehead atoms. The van der Waals surface area contributed by atoms with Crippen molar-refractivity contribution in [3.63, 3.8) is 0 Å². The standard InChI is InChI=1S/C15H27N5/c1-11(2)15-17-13(16-3)9-14(18-15)20(5)12-7-6-8-19(4)10-12/h9,11-12H,6-8,10H2,1-5H3,(H,16,17,18). The molecular formula is C15H27N5. The fourth-order valence-corrected chi connectivity index (χ4v) is 2.66. The largest absolute Gasteiger partial charge is 0.373 e. The average molecular weight is 277 g/mol. The van der Waals surface area contributed by atoms with E-state index in [-0.39, 0.29) is 0 Å². The van der Waals surface area contributed by atoms with Crippen LogP contribution in [0.15, 0.2) is 6.07 Å². The topological polar surface area (TPSA) is 44.3 Å². The van der Waals surface area contributed by atoms with Crippen LogP contribution in [-0.2, 0) is 0 Å². The van der Waals surface area contributed by atoms with Crippen molar-refractivity contribution in [3.05, 3.63) is 11.9 Å². The minimum atomic E-state index is 0.337. The van der Waals surface area contributed by atoms with E-state index in [1.165, 1.54) is 19.4 Å². The average Bonchev–Trinajstić information content (AvgIpc) is 2.45. The maximum absolute atomic E-state index is 4.74. The van der Waals surface area contributed by atoms with Crippen LogP contribution < -0.4 is 10.2 Å². The third-order valence-electron chi connectivity index (χ3n) is 4.01. The highest BCUT2D eigenvalue weighted by Crippen LogP contribution is 2.23. The molecule has 1 unspecified atom stereocenters. The van der Waals surface area contributed by atoms with Gasteiger partial charge < -0.3 is 15.1 Å². The number of piperidine rings is 1. The van der Waals surface area contributed by atoms with E-state index in [1.807, 2.05) is 13.1 Å². The van der Waals surface area contributed by atoms with Gasteiger partial charge in [0, 0.05) is 38.7 Å². The Morgan fingerprint density at radius 1 is 1.40 bits per heavy atom. The number of nitrogens with zero attached hydrogens (tertiary/aromatic N) is 4. The molecule has 0 spiro atoms. The Hall–Kier alpha value is -1.36. The number of anilines is 2. The Labute approximate surface area is 122 Å². The van der Waals surface area contributed by atoms with Gasteiger partial charge in [-0.3, -0.25) is 0 Å². The quantitative estimate of drug-likeness (QED) is 0.914. The molecule has 0 aliphatic carbocycles. The molecule has 1 aromatic rings. The molecule has 1 saturated heterocycles. The molecule has 112 valence electrons. The van der Waals surface area contributed by atoms with Gasteiger partial charge in [-0.15, -0.1) is 0 Å². The van der Waals surface area contributed by atoms with E-state index in [0.717, 1.165) is 24.0 Å². The summed E-state index contributed by atoms with van der Waals surface area (Å²) in [6.07, 6.45) is 2.49. The fourth-order valence-electron chi connectivity index (χ4n) is 2.66. The highest BCUT2D eigenvalue weighted by molar-refractivity contribution is 5.49. The van der Waals surface area contributed by atoms with Crippen LogP contribution in [0.1, 0.15) is 38.4 Å². The molecule has 5 heteroatoms. The molecule has 20 heavy (non-hydrogen) atoms. The van der Waals surface area contributed by atoms with Gasteiger partial charge >= 0.3 is 0 Å². The molecule has 0 saturated carbocycles. The zero-order valence-electron chi connectivity index (χ0n) is 13.3. The monoisotopic (exact) mass is 277 g/mol. The van der Waals surface area contributed by atoms with Crippen LogP contribution in [0, 0.1) is 0 Å². The van der Waals surface area contributed by atoms with Crippen LogP contribution in [0.3, 0.4) is 0 Å². The maximum atomic E-state index is 4.74. The van der Waals surface area contributed by atoms with Crippen molar-refractivity contribution in [3.8, 4) is 0 Å². The van der Waals surface area contributed by atoms with Crippen LogP contribution in [0.25, 0.3) is 0 Å². The second-order valence-corrected chi connectivity index (χ2v) is 6.04. The minimum absolute atomic E-state index is 0.337. The fraction of sp³-hybridized carbons (Fsp3) is 0.733. The van der Waals surface area contributed by atoms with Crippen molar-refractivity contribution in [2.75, 3.05) is 44.4 Å². The Balaban J connectivity index is 2.23. The van der Waals surface area contributed by atoms with E-state index in [1.54, 1.807) is 0 Å². The van der Waals surface area contributed by atoms with E-state index in [0.29, 0.717) is 12.0 Å². The molecule has 0 radical (unpaired) electrons. The summed E-state index contributed by atoms with van der Waals surface area (Å²) >= 11 is 0. The predicted octanol–water partition coefficient (Wildman–Crippen LogP) is 2.17. The number of likely N-dealkylation sites (tertiary alicyclic amines) is 1. The van der Waals surface area contributed by atoms with E-state index in [2.05, 4.69) is 48.0 Å². The van der Waals surface area contributed by atoms with Crippen molar-refractivity contribution in [1.82, 2.24) is 14.9 Å². The maximum Gasteiger partial charge on any atom is 0.135 e. The SMILES string of the molecule is CNc1cc(N(C)C2CCCN(C)C2)nc(C(C)C)n1. The summed E-state index contributed by atoms with van der Waals surface area (Å²) in [6.45, 7) is 6.57. The first kappa shape index (κ1) is 15.0. The summed E-state index contributed by atoms with van der Waals surface area (Å²) in [5, 5.41) is 3.14. The Morgan fingerprint density at radius 3 is 2.75 bits per heavy atom. The molecule has 2 rings (SSSR count). The summed E-state index contributed by atoms with van der Waals surface area (Å²) in [5.74, 6) is 3.16. The zero-order chi connectivity index (χ0) is 14.7. The van der Waals surface area contributed by atoms with Crippen molar-refractivity contribution in [2.45, 2.75) is 38.6 Å². The zero-order valence-corrected chi connectivity index (χ0v) is 13.3. The van der Waals surface area contributed by atoms with Crippen LogP contribution in [-0.4, -0.2) is 55.1 Å². The van der Waals surface area contributed by atoms with Gasteiger partial charge in [0.15, 0.2) is 0 Å². The van der Waals surface area contributed by atoms with Gasteiger partial charge in [-0.25, -0.2) is 9.97 Å². The Morgan fingerprint density at radius 2 is 2.15 bits per heavy atom. The Kier molecular flexibility index (Phi) is 4.81. The molecule has 1 aliphatic rings. The summed E-state index contributed by atoms with van der Waals surface area (Å²) in [4.78, 5) is 14.0. The second-order valence-electron chi connectivity index (χ2n) is 6.04. The van der Waals surface area contributed by atoms with Gasteiger partial charge in [0.2, 0.25) is 0 Å². The second kappa shape index (κ2) is 6.39. The predicted molar refractivity (Wildman–Crippen MR) is 84.6 cm³/mol. The number of rotatable bonds is 4. The molecule has 1 fully saturated rings. The van der Waals surface area contributed by atoms with Crippen molar-refractivity contribution in [1.29, 1.82) is 0 Å². The summed E-state index contributed by atoms with van der Waals surface area (Å²) < 4.78 is 0. The van der Waals surface area contributed by atoms with Gasteiger partial charge in [-0.05, 0) is 26.4 Å². The van der Waals surface area contributed by atoms with Gasteiger partial charge in [-0.1, -0.05) is 13.8 Å². The summed E-state index contributed by atoms with van der Waals surface area (Å²) in [7, 11) is 6.25. The first-order valence-corrected chi connectivity index (χ1v) is 7.49. The van der Waals surface area contributed by atoms with Gasteiger partial charge in [0.1, 0.15) is 17.5 Å². The number of nitrogens with one attached hydrogen (secondary N) is 1. The summed E-state index contributed by atoms with van der Waals surface area (Å²) in [5.41, 5.74) is 0. The molecule has 1 aliphatic heterocycles. The number of hydrogen-bond acceptors (Lipinski definition) is 5. The highest BCUT2D eigenvalue weighted by atomic mass is 15.2. The van der Waals surface area contributed by atoms with Gasteiger partial charge in [0.05, 0.1) is 0 Å². The van der Waals surface area contributed by atoms with E-state index < -0.39 is 0 Å². The lowest BCUT2D eigenvalue weighted by Crippen LogP contribution is -2.45. The van der Waals surface area contributed by atoms with E-state index in [4.69, 9.17) is 4.98 Å². The molecule has 1 aromatic heterocycles. The molecular weight excluding hydrogens is 250 g/mol. The van der Waals surface area contributed by atoms with Crippen molar-refractivity contribution < 1.29 is 0 Å². The molecule has 2 heterocycles. The van der Waals surface area contributed by atoms with Crippen molar-refractivity contribution >= 4 is 11.6 Å². The van der Waals surface area contributed by atoms with Crippen molar-refractivity contribution in [2.24, 2.45) is 0 Å². The van der Waals surface area contributed by atoms with Crippen LogP contribution in [0.4, 0.5) is 11.6 Å². The first-order chi connectivity index (χ1) is 9.51. The lowest BCUT2D eigenvalue weighted by atomic mass is 10.1. The van der Waals surface area contributed by atoms with Crippen LogP contribution in [0.5, 0.6) is 0 Å². The smallest absolute Gasteiger partial charge is 0.135 e. The van der Waals surface area contributed by atoms with Gasteiger partial charge in [0.25, 0.3) is 0 Å². The van der Waals surface area contributed by atoms with Gasteiger partial charge in [-0.2, -0.15) is 0 Å². The minimum Gasteiger partial charge on any atom is -0.373 e. The third-order valence-corrected chi connectivity index (χ3v) is 4.01. The number of hydrogen-bond donors (Lipinski definition) is 1. The Bertz CT molecular complexity index is 446. The van der Waals surface area contributed by atoms with Crippen LogP contribution >= 0.6 is 0 Å². The van der Waals surface area contributed by atoms with E-state index in [9.17, 15) is 0 Å². The molecule has 1 N–H and O–H groups in total. The normalized spacial score (nSPS) is 20.2. The number of aromatic nitrogens is 2. The van der Waals surface area contributed by atoms with Crippen LogP contribution in [0.2, 0.25) is 0 Å². The highest BCUT2D eigenvalue weighted by Gasteiger charge is 2.23. The molecule has 0 aromatic carbocycles. The lowest BCUT2D eigenvalue weighted by Gasteiger charge is -2.36. The lowest BCUT2D eigenvalue weighted by molar-refractivity contribution is 0.247. The molecule has 5 nitrogen and oxygen atoms in total. The molecule has 1 atom stereocenters. The number of likely N-dealkylation sites (N-methyl/N-ethyl adjacent to an activating group) is 2. The first-order valence-electron chi connectivity index (χ1n) is 7.49. The third kappa shape index (κ3) is 3.39. The molecule has 0 amide bonds. The summed E-state index contributed by atoms with van der Waals surface area (Å²) in [6, 6.07) is 2.58.